The first-order chi connectivity index (χ1) is 20.3. The average Bonchev–Trinajstić information content (AvgIpc) is 3.61. The molecule has 1 fully saturated rings. The molecular formula is C30H27ClFN7O3. The summed E-state index contributed by atoms with van der Waals surface area (Å²) >= 11 is 6.33. The lowest BCUT2D eigenvalue weighted by atomic mass is 9.82. The number of nitrogens with one attached hydrogen (secondary N) is 1. The molecule has 1 aliphatic carbocycles. The molecule has 1 aliphatic rings. The van der Waals surface area contributed by atoms with Gasteiger partial charge in [0.2, 0.25) is 11.6 Å². The van der Waals surface area contributed by atoms with E-state index in [1.54, 1.807) is 36.5 Å². The van der Waals surface area contributed by atoms with Gasteiger partial charge in [0.05, 0.1) is 12.1 Å². The highest BCUT2D eigenvalue weighted by Gasteiger charge is 2.39. The zero-order valence-electron chi connectivity index (χ0n) is 23.0. The van der Waals surface area contributed by atoms with E-state index in [1.807, 2.05) is 4.57 Å². The molecule has 1 N–H and O–H groups in total. The number of H-pyrrole nitrogens is 1. The van der Waals surface area contributed by atoms with Gasteiger partial charge in [-0.15, -0.1) is 12.3 Å². The van der Waals surface area contributed by atoms with E-state index in [4.69, 9.17) is 37.3 Å². The summed E-state index contributed by atoms with van der Waals surface area (Å²) in [5.74, 6) is 3.15. The van der Waals surface area contributed by atoms with Crippen LogP contribution in [0.4, 0.5) is 4.39 Å². The molecule has 1 unspecified atom stereocenters. The Morgan fingerprint density at radius 3 is 2.69 bits per heavy atom. The van der Waals surface area contributed by atoms with Gasteiger partial charge in [-0.2, -0.15) is 0 Å². The Kier molecular flexibility index (Phi) is 7.24. The molecule has 42 heavy (non-hydrogen) atoms. The topological polar surface area (TPSA) is 125 Å². The summed E-state index contributed by atoms with van der Waals surface area (Å²) in [6.45, 7) is 1.92. The third-order valence-corrected chi connectivity index (χ3v) is 8.00. The van der Waals surface area contributed by atoms with Crippen molar-refractivity contribution in [2.75, 3.05) is 7.11 Å². The molecular weight excluding hydrogens is 561 g/mol. The maximum absolute atomic E-state index is 17.3. The monoisotopic (exact) mass is 587 g/mol. The number of nitrogens with zero attached hydrogens (tertiary/aromatic N) is 6. The minimum atomic E-state index is -2.09. The molecule has 0 aliphatic heterocycles. The third kappa shape index (κ3) is 5.03. The number of aromatic amines is 1. The van der Waals surface area contributed by atoms with Crippen molar-refractivity contribution in [2.45, 2.75) is 44.8 Å². The van der Waals surface area contributed by atoms with Gasteiger partial charge in [-0.1, -0.05) is 35.0 Å². The summed E-state index contributed by atoms with van der Waals surface area (Å²) in [6.07, 6.45) is 12.4. The highest BCUT2D eigenvalue weighted by Crippen LogP contribution is 2.42. The number of alkyl halides is 1. The molecule has 6 rings (SSSR count). The van der Waals surface area contributed by atoms with E-state index in [-0.39, 0.29) is 35.0 Å². The second-order valence-corrected chi connectivity index (χ2v) is 11.0. The number of fused-ring (bicyclic) bond motifs is 1. The van der Waals surface area contributed by atoms with Crippen molar-refractivity contribution >= 4 is 22.8 Å². The Morgan fingerprint density at radius 2 is 2.00 bits per heavy atom. The van der Waals surface area contributed by atoms with Crippen LogP contribution in [-0.2, 0) is 12.2 Å². The van der Waals surface area contributed by atoms with Crippen LogP contribution in [0.3, 0.4) is 0 Å². The van der Waals surface area contributed by atoms with Crippen molar-refractivity contribution in [3.8, 4) is 41.0 Å². The Morgan fingerprint density at radius 1 is 1.21 bits per heavy atom. The molecule has 1 aromatic carbocycles. The van der Waals surface area contributed by atoms with E-state index in [0.717, 1.165) is 25.7 Å². The molecule has 10 nitrogen and oxygen atoms in total. The number of ether oxygens (including phenoxy) is 1. The normalized spacial score (nSPS) is 18.5. The molecule has 0 amide bonds. The third-order valence-electron chi connectivity index (χ3n) is 7.79. The van der Waals surface area contributed by atoms with Gasteiger partial charge in [-0.25, -0.2) is 24.1 Å². The second-order valence-electron chi connectivity index (χ2n) is 10.5. The minimum absolute atomic E-state index is 0.00887. The van der Waals surface area contributed by atoms with Crippen LogP contribution in [0, 0.1) is 24.2 Å². The maximum atomic E-state index is 17.3. The molecule has 4 aromatic heterocycles. The number of imidazole rings is 1. The van der Waals surface area contributed by atoms with Crippen molar-refractivity contribution < 1.29 is 13.7 Å². The van der Waals surface area contributed by atoms with Gasteiger partial charge in [-0.05, 0) is 50.7 Å². The number of rotatable bonds is 7. The zero-order valence-corrected chi connectivity index (χ0v) is 23.7. The van der Waals surface area contributed by atoms with Gasteiger partial charge >= 0.3 is 5.76 Å². The second kappa shape index (κ2) is 11.0. The van der Waals surface area contributed by atoms with Crippen LogP contribution in [0.15, 0.2) is 52.0 Å². The zero-order chi connectivity index (χ0) is 29.4. The quantitative estimate of drug-likeness (QED) is 0.245. The van der Waals surface area contributed by atoms with Gasteiger partial charge in [-0.3, -0.25) is 14.5 Å². The lowest BCUT2D eigenvalue weighted by molar-refractivity contribution is 0.211. The highest BCUT2D eigenvalue weighted by molar-refractivity contribution is 6.30. The van der Waals surface area contributed by atoms with E-state index in [0.29, 0.717) is 39.7 Å². The van der Waals surface area contributed by atoms with E-state index in [2.05, 4.69) is 26.0 Å². The summed E-state index contributed by atoms with van der Waals surface area (Å²) in [7, 11) is 1.50. The van der Waals surface area contributed by atoms with Crippen LogP contribution < -0.4 is 10.5 Å². The van der Waals surface area contributed by atoms with E-state index in [9.17, 15) is 4.79 Å². The fourth-order valence-electron chi connectivity index (χ4n) is 5.67. The molecule has 214 valence electrons. The first kappa shape index (κ1) is 27.6. The first-order valence-corrected chi connectivity index (χ1v) is 13.9. The van der Waals surface area contributed by atoms with Crippen molar-refractivity contribution in [3.63, 3.8) is 0 Å². The van der Waals surface area contributed by atoms with Crippen LogP contribution in [-0.4, -0.2) is 41.8 Å². The summed E-state index contributed by atoms with van der Waals surface area (Å²) in [5.41, 5.74) is -0.0916. The number of aromatic nitrogens is 7. The lowest BCUT2D eigenvalue weighted by Gasteiger charge is -2.29. The summed E-state index contributed by atoms with van der Waals surface area (Å²) in [5, 5.41) is 4.14. The van der Waals surface area contributed by atoms with Crippen molar-refractivity contribution in [1.29, 1.82) is 0 Å². The number of hydrogen-bond donors (Lipinski definition) is 1. The first-order valence-electron chi connectivity index (χ1n) is 13.5. The highest BCUT2D eigenvalue weighted by atomic mass is 35.5. The van der Waals surface area contributed by atoms with Crippen LogP contribution in [0.2, 0.25) is 5.02 Å². The molecule has 12 heteroatoms. The predicted octanol–water partition coefficient (Wildman–Crippen LogP) is 5.57. The molecule has 0 bridgehead atoms. The SMILES string of the molecule is C#C[C@H]1CC[C@H](Cn2c(C(C)(F)c3ccccc3OC)nc3nc(-c4noc(=O)[nH]4)nc(-c4cncc(Cl)c4)c32)CC1. The van der Waals surface area contributed by atoms with Crippen molar-refractivity contribution in [1.82, 2.24) is 34.6 Å². The number of benzene rings is 1. The van der Waals surface area contributed by atoms with Gasteiger partial charge in [0.15, 0.2) is 17.1 Å². The van der Waals surface area contributed by atoms with Gasteiger partial charge in [0.25, 0.3) is 0 Å². The molecule has 1 saturated carbocycles. The van der Waals surface area contributed by atoms with Gasteiger partial charge < -0.3 is 9.30 Å². The molecule has 1 atom stereocenters. The van der Waals surface area contributed by atoms with Crippen LogP contribution in [0.5, 0.6) is 5.75 Å². The lowest BCUT2D eigenvalue weighted by Crippen LogP contribution is -2.27. The summed E-state index contributed by atoms with van der Waals surface area (Å²) in [6, 6.07) is 8.64. The average molecular weight is 588 g/mol. The molecule has 4 heterocycles. The molecule has 0 radical (unpaired) electrons. The summed E-state index contributed by atoms with van der Waals surface area (Å²) < 4.78 is 29.3. The Balaban J connectivity index is 1.62. The molecule has 0 spiro atoms. The number of methoxy groups -OCH3 is 1. The Labute approximate surface area is 245 Å². The molecule has 5 aromatic rings. The number of halogens is 2. The largest absolute Gasteiger partial charge is 0.496 e. The Hall–Kier alpha value is -4.56. The Bertz CT molecular complexity index is 1860. The standard InChI is InChI=1S/C30H27ClFN7O3/c1-4-17-9-11-18(12-10-17)16-39-24-23(19-13-20(31)15-33-14-19)34-26(27-37-29(40)42-38-27)35-25(24)36-28(39)30(2,32)21-7-5-6-8-22(21)41-3/h1,5-8,13-15,17-18H,9-12,16H2,2-3H3,(H,37,38,40)/t17-,18-,30?. The summed E-state index contributed by atoms with van der Waals surface area (Å²) in [4.78, 5) is 32.6. The smallest absolute Gasteiger partial charge is 0.439 e. The van der Waals surface area contributed by atoms with Crippen molar-refractivity contribution in [3.05, 3.63) is 69.7 Å². The number of para-hydroxylation sites is 1. The fourth-order valence-corrected chi connectivity index (χ4v) is 5.84. The van der Waals surface area contributed by atoms with Gasteiger partial charge in [0, 0.05) is 36.0 Å². The van der Waals surface area contributed by atoms with E-state index in [1.165, 1.54) is 20.2 Å². The maximum Gasteiger partial charge on any atom is 0.439 e. The molecule has 0 saturated heterocycles. The minimum Gasteiger partial charge on any atom is -0.496 e. The number of pyridine rings is 1. The predicted molar refractivity (Wildman–Crippen MR) is 155 cm³/mol. The van der Waals surface area contributed by atoms with Crippen LogP contribution in [0.25, 0.3) is 34.1 Å². The number of hydrogen-bond acceptors (Lipinski definition) is 8. The van der Waals surface area contributed by atoms with E-state index >= 15 is 4.39 Å². The van der Waals surface area contributed by atoms with Crippen LogP contribution in [0.1, 0.15) is 44.0 Å². The van der Waals surface area contributed by atoms with E-state index < -0.39 is 11.4 Å². The van der Waals surface area contributed by atoms with Crippen molar-refractivity contribution in [2.24, 2.45) is 11.8 Å². The number of terminal acetylenes is 1. The fraction of sp³-hybridized carbons (Fsp3) is 0.333. The van der Waals surface area contributed by atoms with Gasteiger partial charge in [0.1, 0.15) is 17.0 Å². The van der Waals surface area contributed by atoms with Crippen LogP contribution >= 0.6 is 11.6 Å².